The van der Waals surface area contributed by atoms with Crippen LogP contribution in [0.1, 0.15) is 12.5 Å². The Labute approximate surface area is 127 Å². The normalized spacial score (nSPS) is 14.2. The van der Waals surface area contributed by atoms with Gasteiger partial charge in [-0.25, -0.2) is 4.39 Å². The zero-order valence-electron chi connectivity index (χ0n) is 12.2. The van der Waals surface area contributed by atoms with Crippen molar-refractivity contribution in [2.45, 2.75) is 13.3 Å². The van der Waals surface area contributed by atoms with Crippen molar-refractivity contribution in [1.29, 1.82) is 0 Å². The fourth-order valence-electron chi connectivity index (χ4n) is 2.70. The fraction of sp³-hybridized carbons (Fsp3) is 0.158. The summed E-state index contributed by atoms with van der Waals surface area (Å²) in [6, 6.07) is 12.4. The molecule has 3 heteroatoms. The predicted molar refractivity (Wildman–Crippen MR) is 84.6 cm³/mol. The Morgan fingerprint density at radius 2 is 1.86 bits per heavy atom. The molecular formula is C19H15FO2. The maximum Gasteiger partial charge on any atom is 0.138 e. The van der Waals surface area contributed by atoms with Crippen molar-refractivity contribution in [3.05, 3.63) is 65.5 Å². The van der Waals surface area contributed by atoms with E-state index in [9.17, 15) is 4.39 Å². The minimum absolute atomic E-state index is 0.248. The third-order valence-electron chi connectivity index (χ3n) is 3.95. The molecule has 0 atom stereocenters. The van der Waals surface area contributed by atoms with E-state index < -0.39 is 0 Å². The van der Waals surface area contributed by atoms with Crippen molar-refractivity contribution >= 4 is 11.0 Å². The number of halogens is 1. The fourth-order valence-corrected chi connectivity index (χ4v) is 2.70. The van der Waals surface area contributed by atoms with Gasteiger partial charge in [-0.3, -0.25) is 0 Å². The molecular weight excluding hydrogens is 279 g/mol. The van der Waals surface area contributed by atoms with Gasteiger partial charge in [-0.1, -0.05) is 6.08 Å². The molecule has 0 N–H and O–H groups in total. The first kappa shape index (κ1) is 13.1. The van der Waals surface area contributed by atoms with Gasteiger partial charge in [0.25, 0.3) is 0 Å². The lowest BCUT2D eigenvalue weighted by molar-refractivity contribution is 0.352. The van der Waals surface area contributed by atoms with E-state index in [1.807, 2.05) is 12.1 Å². The molecule has 3 aromatic rings. The second-order valence-electron chi connectivity index (χ2n) is 5.66. The Bertz CT molecular complexity index is 872. The van der Waals surface area contributed by atoms with Gasteiger partial charge in [0.05, 0.1) is 0 Å². The van der Waals surface area contributed by atoms with Crippen LogP contribution in [0.2, 0.25) is 0 Å². The Balaban J connectivity index is 1.80. The van der Waals surface area contributed by atoms with Crippen molar-refractivity contribution in [3.63, 3.8) is 0 Å². The number of furan rings is 1. The van der Waals surface area contributed by atoms with E-state index in [0.29, 0.717) is 6.61 Å². The summed E-state index contributed by atoms with van der Waals surface area (Å²) in [5.41, 5.74) is 4.05. The molecule has 2 nitrogen and oxygen atoms in total. The maximum atomic E-state index is 13.0. The number of hydrogen-bond donors (Lipinski definition) is 0. The van der Waals surface area contributed by atoms with Crippen LogP contribution in [0.5, 0.6) is 5.75 Å². The van der Waals surface area contributed by atoms with Crippen LogP contribution in [0.25, 0.3) is 22.3 Å². The van der Waals surface area contributed by atoms with Gasteiger partial charge < -0.3 is 9.15 Å². The average Bonchev–Trinajstić information content (AvgIpc) is 2.84. The van der Waals surface area contributed by atoms with E-state index in [0.717, 1.165) is 40.0 Å². The van der Waals surface area contributed by atoms with Crippen molar-refractivity contribution in [2.75, 3.05) is 6.61 Å². The van der Waals surface area contributed by atoms with Crippen molar-refractivity contribution in [1.82, 2.24) is 0 Å². The molecule has 0 bridgehead atoms. The molecule has 1 aromatic heterocycles. The highest BCUT2D eigenvalue weighted by Gasteiger charge is 2.13. The second-order valence-corrected chi connectivity index (χ2v) is 5.66. The predicted octanol–water partition coefficient (Wildman–Crippen LogP) is 5.12. The molecule has 0 radical (unpaired) electrons. The van der Waals surface area contributed by atoms with Crippen LogP contribution in [-0.4, -0.2) is 6.61 Å². The molecule has 2 aromatic carbocycles. The van der Waals surface area contributed by atoms with E-state index >= 15 is 0 Å². The number of ether oxygens (including phenoxy) is 1. The van der Waals surface area contributed by atoms with Crippen molar-refractivity contribution in [3.8, 4) is 17.1 Å². The average molecular weight is 294 g/mol. The maximum absolute atomic E-state index is 13.0. The lowest BCUT2D eigenvalue weighted by Crippen LogP contribution is -1.97. The first-order valence-electron chi connectivity index (χ1n) is 7.30. The zero-order valence-corrected chi connectivity index (χ0v) is 12.2. The van der Waals surface area contributed by atoms with Gasteiger partial charge in [-0.15, -0.1) is 0 Å². The van der Waals surface area contributed by atoms with E-state index in [4.69, 9.17) is 9.15 Å². The number of rotatable bonds is 1. The smallest absolute Gasteiger partial charge is 0.138 e. The van der Waals surface area contributed by atoms with Gasteiger partial charge in [-0.05, 0) is 60.9 Å². The third kappa shape index (κ3) is 2.29. The highest BCUT2D eigenvalue weighted by Crippen LogP contribution is 2.34. The highest BCUT2D eigenvalue weighted by atomic mass is 19.1. The molecule has 4 rings (SSSR count). The van der Waals surface area contributed by atoms with E-state index in [1.165, 1.54) is 17.7 Å². The first-order chi connectivity index (χ1) is 10.7. The summed E-state index contributed by atoms with van der Waals surface area (Å²) in [7, 11) is 0. The Morgan fingerprint density at radius 3 is 2.68 bits per heavy atom. The minimum Gasteiger partial charge on any atom is -0.489 e. The molecule has 0 saturated carbocycles. The summed E-state index contributed by atoms with van der Waals surface area (Å²) in [5, 5.41) is 1.04. The zero-order chi connectivity index (χ0) is 15.1. The molecule has 0 unspecified atom stereocenters. The van der Waals surface area contributed by atoms with Crippen LogP contribution in [0.4, 0.5) is 4.39 Å². The van der Waals surface area contributed by atoms with E-state index in [1.54, 1.807) is 12.1 Å². The molecule has 1 aliphatic rings. The Hall–Kier alpha value is -2.55. The summed E-state index contributed by atoms with van der Waals surface area (Å²) in [4.78, 5) is 0. The number of fused-ring (bicyclic) bond motifs is 2. The quantitative estimate of drug-likeness (QED) is 0.581. The molecule has 0 spiro atoms. The lowest BCUT2D eigenvalue weighted by Gasteiger charge is -2.06. The Morgan fingerprint density at radius 1 is 1.05 bits per heavy atom. The SMILES string of the molecule is CC1=CCc2cc3cc(-c4ccc(F)cc4)oc3cc2OC1. The van der Waals surface area contributed by atoms with Crippen LogP contribution < -0.4 is 4.74 Å². The van der Waals surface area contributed by atoms with E-state index in [-0.39, 0.29) is 5.82 Å². The van der Waals surface area contributed by atoms with Gasteiger partial charge >= 0.3 is 0 Å². The van der Waals surface area contributed by atoms with Gasteiger partial charge in [0, 0.05) is 17.0 Å². The number of hydrogen-bond acceptors (Lipinski definition) is 2. The van der Waals surface area contributed by atoms with Gasteiger partial charge in [-0.2, -0.15) is 0 Å². The molecule has 110 valence electrons. The summed E-state index contributed by atoms with van der Waals surface area (Å²) >= 11 is 0. The topological polar surface area (TPSA) is 22.4 Å². The standard InChI is InChI=1S/C19H15FO2/c1-12-2-3-14-8-15-9-18(13-4-6-16(20)7-5-13)22-19(15)10-17(14)21-11-12/h2,4-10H,3,11H2,1H3. The largest absolute Gasteiger partial charge is 0.489 e. The van der Waals surface area contributed by atoms with Crippen LogP contribution in [-0.2, 0) is 6.42 Å². The Kier molecular flexibility index (Phi) is 3.00. The molecule has 1 aliphatic heterocycles. The number of allylic oxidation sites excluding steroid dienone is 1. The molecule has 0 fully saturated rings. The van der Waals surface area contributed by atoms with Gasteiger partial charge in [0.2, 0.25) is 0 Å². The van der Waals surface area contributed by atoms with Crippen LogP contribution in [0.15, 0.2) is 58.5 Å². The van der Waals surface area contributed by atoms with Crippen LogP contribution >= 0.6 is 0 Å². The molecule has 22 heavy (non-hydrogen) atoms. The van der Waals surface area contributed by atoms with Crippen LogP contribution in [0, 0.1) is 5.82 Å². The first-order valence-corrected chi connectivity index (χ1v) is 7.30. The third-order valence-corrected chi connectivity index (χ3v) is 3.95. The second kappa shape index (κ2) is 5.02. The lowest BCUT2D eigenvalue weighted by atomic mass is 10.1. The number of benzene rings is 2. The monoisotopic (exact) mass is 294 g/mol. The molecule has 0 amide bonds. The molecule has 0 aliphatic carbocycles. The highest BCUT2D eigenvalue weighted by molar-refractivity contribution is 5.85. The molecule has 2 heterocycles. The van der Waals surface area contributed by atoms with Crippen molar-refractivity contribution < 1.29 is 13.5 Å². The minimum atomic E-state index is -0.248. The summed E-state index contributed by atoms with van der Waals surface area (Å²) in [5.74, 6) is 1.37. The molecule has 0 saturated heterocycles. The van der Waals surface area contributed by atoms with Gasteiger partial charge in [0.15, 0.2) is 0 Å². The summed E-state index contributed by atoms with van der Waals surface area (Å²) in [6.45, 7) is 2.69. The van der Waals surface area contributed by atoms with Crippen LogP contribution in [0.3, 0.4) is 0 Å². The van der Waals surface area contributed by atoms with Crippen molar-refractivity contribution in [2.24, 2.45) is 0 Å². The summed E-state index contributed by atoms with van der Waals surface area (Å²) in [6.07, 6.45) is 3.06. The van der Waals surface area contributed by atoms with Gasteiger partial charge in [0.1, 0.15) is 29.5 Å². The van der Waals surface area contributed by atoms with E-state index in [2.05, 4.69) is 19.1 Å². The summed E-state index contributed by atoms with van der Waals surface area (Å²) < 4.78 is 24.8.